The largest absolute Gasteiger partial charge is 0.453 e. The summed E-state index contributed by atoms with van der Waals surface area (Å²) in [6.07, 6.45) is 3.84. The molecule has 2 aromatic heterocycles. The Kier molecular flexibility index (Phi) is 4.01. The van der Waals surface area contributed by atoms with Crippen molar-refractivity contribution in [1.82, 2.24) is 9.97 Å². The van der Waals surface area contributed by atoms with E-state index in [-0.39, 0.29) is 17.5 Å². The maximum absolute atomic E-state index is 11.8. The highest BCUT2D eigenvalue weighted by atomic mass is 16.6. The zero-order valence-corrected chi connectivity index (χ0v) is 12.6. The standard InChI is InChI=1S/C16H15N3O4/c1-10-15(4-5-16(18-10)19(21)22)23-13-6-7-17-12(8-13)9-14(20)11-2-3-11/h4-8,11H,2-3,9H2,1H3. The molecule has 1 fully saturated rings. The Morgan fingerprint density at radius 2 is 2.17 bits per heavy atom. The van der Waals surface area contributed by atoms with Gasteiger partial charge in [-0.2, -0.15) is 0 Å². The van der Waals surface area contributed by atoms with Crippen molar-refractivity contribution in [1.29, 1.82) is 0 Å². The first kappa shape index (κ1) is 15.1. The SMILES string of the molecule is Cc1nc([N+](=O)[O-])ccc1Oc1ccnc(CC(=O)C2CC2)c1. The van der Waals surface area contributed by atoms with E-state index in [2.05, 4.69) is 9.97 Å². The lowest BCUT2D eigenvalue weighted by Crippen LogP contribution is -2.06. The first-order chi connectivity index (χ1) is 11.0. The lowest BCUT2D eigenvalue weighted by Gasteiger charge is -2.07. The normalized spacial score (nSPS) is 13.6. The molecule has 0 unspecified atom stereocenters. The summed E-state index contributed by atoms with van der Waals surface area (Å²) in [4.78, 5) is 30.0. The molecule has 2 aromatic rings. The molecular formula is C16H15N3O4. The zero-order valence-electron chi connectivity index (χ0n) is 12.6. The summed E-state index contributed by atoms with van der Waals surface area (Å²) in [6, 6.07) is 6.18. The second-order valence-corrected chi connectivity index (χ2v) is 5.51. The molecule has 1 saturated carbocycles. The highest BCUT2D eigenvalue weighted by Gasteiger charge is 2.29. The van der Waals surface area contributed by atoms with Gasteiger partial charge in [-0.3, -0.25) is 9.78 Å². The number of ether oxygens (including phenoxy) is 1. The molecule has 1 aliphatic carbocycles. The van der Waals surface area contributed by atoms with Gasteiger partial charge in [-0.25, -0.2) is 0 Å². The Morgan fingerprint density at radius 1 is 1.39 bits per heavy atom. The van der Waals surface area contributed by atoms with Crippen LogP contribution in [0, 0.1) is 23.0 Å². The summed E-state index contributed by atoms with van der Waals surface area (Å²) in [7, 11) is 0. The molecule has 23 heavy (non-hydrogen) atoms. The van der Waals surface area contributed by atoms with Gasteiger partial charge in [0.2, 0.25) is 0 Å². The van der Waals surface area contributed by atoms with Gasteiger partial charge in [-0.1, -0.05) is 0 Å². The van der Waals surface area contributed by atoms with Crippen LogP contribution in [0.2, 0.25) is 0 Å². The molecule has 0 radical (unpaired) electrons. The molecule has 0 saturated heterocycles. The van der Waals surface area contributed by atoms with Crippen LogP contribution in [0.3, 0.4) is 0 Å². The third kappa shape index (κ3) is 3.68. The number of nitro groups is 1. The molecule has 0 aromatic carbocycles. The number of nitrogens with zero attached hydrogens (tertiary/aromatic N) is 3. The second-order valence-electron chi connectivity index (χ2n) is 5.51. The number of aromatic nitrogens is 2. The van der Waals surface area contributed by atoms with Gasteiger partial charge in [-0.15, -0.1) is 0 Å². The fourth-order valence-corrected chi connectivity index (χ4v) is 2.22. The van der Waals surface area contributed by atoms with Crippen molar-refractivity contribution in [2.45, 2.75) is 26.2 Å². The van der Waals surface area contributed by atoms with Gasteiger partial charge in [0.1, 0.15) is 11.5 Å². The molecule has 0 bridgehead atoms. The van der Waals surface area contributed by atoms with Crippen LogP contribution in [-0.4, -0.2) is 20.7 Å². The number of carbonyl (C=O) groups is 1. The first-order valence-electron chi connectivity index (χ1n) is 7.30. The van der Waals surface area contributed by atoms with Crippen molar-refractivity contribution in [3.8, 4) is 11.5 Å². The molecular weight excluding hydrogens is 298 g/mol. The van der Waals surface area contributed by atoms with Crippen molar-refractivity contribution in [2.24, 2.45) is 5.92 Å². The van der Waals surface area contributed by atoms with Crippen LogP contribution in [0.4, 0.5) is 5.82 Å². The molecule has 0 amide bonds. The third-order valence-corrected chi connectivity index (χ3v) is 3.61. The Labute approximate surface area is 132 Å². The quantitative estimate of drug-likeness (QED) is 0.601. The van der Waals surface area contributed by atoms with E-state index >= 15 is 0 Å². The van der Waals surface area contributed by atoms with E-state index in [1.54, 1.807) is 25.3 Å². The smallest absolute Gasteiger partial charge is 0.363 e. The van der Waals surface area contributed by atoms with Crippen LogP contribution in [0.25, 0.3) is 0 Å². The average Bonchev–Trinajstić information content (AvgIpc) is 3.34. The Balaban J connectivity index is 1.74. The maximum atomic E-state index is 11.8. The fourth-order valence-electron chi connectivity index (χ4n) is 2.22. The minimum absolute atomic E-state index is 0.197. The number of ketones is 1. The molecule has 118 valence electrons. The average molecular weight is 313 g/mol. The summed E-state index contributed by atoms with van der Waals surface area (Å²) < 4.78 is 5.71. The number of rotatable bonds is 6. The number of hydrogen-bond donors (Lipinski definition) is 0. The Hall–Kier alpha value is -2.83. The van der Waals surface area contributed by atoms with E-state index < -0.39 is 4.92 Å². The maximum Gasteiger partial charge on any atom is 0.363 e. The lowest BCUT2D eigenvalue weighted by molar-refractivity contribution is -0.389. The Bertz CT molecular complexity index is 772. The van der Waals surface area contributed by atoms with E-state index in [0.29, 0.717) is 29.3 Å². The summed E-state index contributed by atoms with van der Waals surface area (Å²) in [5, 5.41) is 10.7. The van der Waals surface area contributed by atoms with Crippen LogP contribution in [0.15, 0.2) is 30.5 Å². The summed E-state index contributed by atoms with van der Waals surface area (Å²) in [6.45, 7) is 1.64. The van der Waals surface area contributed by atoms with Crippen molar-refractivity contribution < 1.29 is 14.5 Å². The van der Waals surface area contributed by atoms with Crippen molar-refractivity contribution in [3.05, 3.63) is 52.0 Å². The topological polar surface area (TPSA) is 95.2 Å². The van der Waals surface area contributed by atoms with Crippen molar-refractivity contribution in [3.63, 3.8) is 0 Å². The molecule has 3 rings (SSSR count). The predicted octanol–water partition coefficient (Wildman–Crippen LogP) is 3.01. The highest BCUT2D eigenvalue weighted by Crippen LogP contribution is 2.31. The minimum atomic E-state index is -0.551. The zero-order chi connectivity index (χ0) is 16.4. The molecule has 0 aliphatic heterocycles. The summed E-state index contributed by atoms with van der Waals surface area (Å²) in [5.41, 5.74) is 1.08. The van der Waals surface area contributed by atoms with Gasteiger partial charge in [-0.05, 0) is 34.9 Å². The van der Waals surface area contributed by atoms with Crippen LogP contribution in [0.1, 0.15) is 24.2 Å². The monoisotopic (exact) mass is 313 g/mol. The van der Waals surface area contributed by atoms with Crippen molar-refractivity contribution in [2.75, 3.05) is 0 Å². The molecule has 2 heterocycles. The number of Topliss-reactive ketones (excluding diaryl/α,β-unsaturated/α-hetero) is 1. The van der Waals surface area contributed by atoms with Gasteiger partial charge >= 0.3 is 5.82 Å². The number of hydrogen-bond acceptors (Lipinski definition) is 6. The highest BCUT2D eigenvalue weighted by molar-refractivity contribution is 5.84. The second kappa shape index (κ2) is 6.12. The fraction of sp³-hybridized carbons (Fsp3) is 0.312. The van der Waals surface area contributed by atoms with Crippen LogP contribution >= 0.6 is 0 Å². The van der Waals surface area contributed by atoms with Gasteiger partial charge < -0.3 is 14.9 Å². The summed E-state index contributed by atoms with van der Waals surface area (Å²) >= 11 is 0. The van der Waals surface area contributed by atoms with Crippen LogP contribution in [0.5, 0.6) is 11.5 Å². The summed E-state index contributed by atoms with van der Waals surface area (Å²) in [5.74, 6) is 1.14. The molecule has 0 spiro atoms. The van der Waals surface area contributed by atoms with E-state index in [4.69, 9.17) is 4.74 Å². The lowest BCUT2D eigenvalue weighted by atomic mass is 10.1. The van der Waals surface area contributed by atoms with Gasteiger partial charge in [0.25, 0.3) is 0 Å². The first-order valence-corrected chi connectivity index (χ1v) is 7.30. The minimum Gasteiger partial charge on any atom is -0.453 e. The number of aryl methyl sites for hydroxylation is 1. The van der Waals surface area contributed by atoms with Gasteiger partial charge in [0.05, 0.1) is 5.69 Å². The van der Waals surface area contributed by atoms with Crippen LogP contribution < -0.4 is 4.74 Å². The predicted molar refractivity (Wildman–Crippen MR) is 81.4 cm³/mol. The molecule has 0 atom stereocenters. The molecule has 1 aliphatic rings. The van der Waals surface area contributed by atoms with E-state index in [9.17, 15) is 14.9 Å². The van der Waals surface area contributed by atoms with Crippen LogP contribution in [-0.2, 0) is 11.2 Å². The van der Waals surface area contributed by atoms with E-state index in [1.165, 1.54) is 12.1 Å². The molecule has 7 heteroatoms. The van der Waals surface area contributed by atoms with Gasteiger partial charge in [0.15, 0.2) is 11.4 Å². The number of pyridine rings is 2. The van der Waals surface area contributed by atoms with E-state index in [1.807, 2.05) is 0 Å². The third-order valence-electron chi connectivity index (χ3n) is 3.61. The molecule has 7 nitrogen and oxygen atoms in total. The Morgan fingerprint density at radius 3 is 2.83 bits per heavy atom. The number of carbonyl (C=O) groups excluding carboxylic acids is 1. The van der Waals surface area contributed by atoms with Crippen molar-refractivity contribution >= 4 is 11.6 Å². The molecule has 0 N–H and O–H groups in total. The van der Waals surface area contributed by atoms with Gasteiger partial charge in [0, 0.05) is 37.6 Å². The van der Waals surface area contributed by atoms with E-state index in [0.717, 1.165) is 12.8 Å².